The number of amides is 1. The van der Waals surface area contributed by atoms with Crippen LogP contribution >= 0.6 is 11.8 Å². The van der Waals surface area contributed by atoms with E-state index in [2.05, 4.69) is 36.2 Å². The minimum Gasteiger partial charge on any atom is -0.496 e. The molecule has 1 unspecified atom stereocenters. The Bertz CT molecular complexity index is 901. The molecule has 8 heteroatoms. The second-order valence-corrected chi connectivity index (χ2v) is 10.4. The Morgan fingerprint density at radius 2 is 1.97 bits per heavy atom. The van der Waals surface area contributed by atoms with Crippen molar-refractivity contribution in [3.63, 3.8) is 0 Å². The number of ether oxygens (including phenoxy) is 1. The molecule has 4 nitrogen and oxygen atoms in total. The van der Waals surface area contributed by atoms with Crippen LogP contribution in [0, 0.1) is 11.3 Å². The third-order valence-corrected chi connectivity index (χ3v) is 6.92. The van der Waals surface area contributed by atoms with Gasteiger partial charge in [0.05, 0.1) is 23.8 Å². The molecule has 1 aliphatic carbocycles. The number of benzene rings is 1. The number of hydrogen-bond donors (Lipinski definition) is 1. The molecule has 3 rings (SSSR count). The summed E-state index contributed by atoms with van der Waals surface area (Å²) in [5.74, 6) is -0.398. The van der Waals surface area contributed by atoms with Crippen LogP contribution in [0.25, 0.3) is 0 Å². The van der Waals surface area contributed by atoms with Crippen molar-refractivity contribution in [1.29, 1.82) is 0 Å². The molecule has 1 saturated heterocycles. The Morgan fingerprint density at radius 1 is 1.25 bits per heavy atom. The number of piperidine rings is 1. The lowest BCUT2D eigenvalue weighted by atomic mass is 9.66. The average Bonchev–Trinajstić information content (AvgIpc) is 2.71. The largest absolute Gasteiger partial charge is 0.496 e. The first kappa shape index (κ1) is 24.7. The molecule has 1 heterocycles. The molecule has 1 aromatic carbocycles. The first-order valence-electron chi connectivity index (χ1n) is 10.6. The van der Waals surface area contributed by atoms with Gasteiger partial charge in [-0.3, -0.25) is 4.79 Å². The molecule has 0 radical (unpaired) electrons. The summed E-state index contributed by atoms with van der Waals surface area (Å²) in [6.45, 7) is 5.91. The van der Waals surface area contributed by atoms with E-state index < -0.39 is 23.2 Å². The number of nitrogens with zero attached hydrogens (tertiary/aromatic N) is 1. The molecule has 1 aromatic rings. The zero-order valence-electron chi connectivity index (χ0n) is 19.2. The average molecular weight is 469 g/mol. The van der Waals surface area contributed by atoms with Crippen molar-refractivity contribution in [3.8, 4) is 5.75 Å². The van der Waals surface area contributed by atoms with Crippen LogP contribution in [0.4, 0.5) is 13.2 Å². The van der Waals surface area contributed by atoms with Gasteiger partial charge in [-0.1, -0.05) is 38.2 Å². The summed E-state index contributed by atoms with van der Waals surface area (Å²) in [7, 11) is 3.33. The fraction of sp³-hybridized carbons (Fsp3) is 0.542. The van der Waals surface area contributed by atoms with E-state index in [1.807, 2.05) is 19.2 Å². The van der Waals surface area contributed by atoms with E-state index in [0.717, 1.165) is 43.3 Å². The highest BCUT2D eigenvalue weighted by atomic mass is 32.2. The summed E-state index contributed by atoms with van der Waals surface area (Å²) in [4.78, 5) is 16.1. The van der Waals surface area contributed by atoms with E-state index in [0.29, 0.717) is 6.54 Å². The van der Waals surface area contributed by atoms with E-state index in [1.54, 1.807) is 6.26 Å². The number of halogens is 3. The fourth-order valence-electron chi connectivity index (χ4n) is 5.24. The summed E-state index contributed by atoms with van der Waals surface area (Å²) in [5, 5.41) is 3.27. The van der Waals surface area contributed by atoms with Gasteiger partial charge < -0.3 is 15.0 Å². The maximum atomic E-state index is 13.7. The van der Waals surface area contributed by atoms with Crippen LogP contribution in [-0.2, 0) is 6.18 Å². The number of nitrogens with one attached hydrogen (secondary N) is 1. The number of hydrogen-bond acceptors (Lipinski definition) is 4. The molecular weight excluding hydrogens is 437 g/mol. The summed E-state index contributed by atoms with van der Waals surface area (Å²) < 4.78 is 45.4. The molecule has 0 bridgehead atoms. The minimum atomic E-state index is -4.52. The highest BCUT2D eigenvalue weighted by Crippen LogP contribution is 2.43. The Kier molecular flexibility index (Phi) is 7.05. The van der Waals surface area contributed by atoms with Crippen molar-refractivity contribution in [2.24, 2.45) is 11.3 Å². The molecule has 2 atom stereocenters. The van der Waals surface area contributed by atoms with E-state index in [-0.39, 0.29) is 27.5 Å². The lowest BCUT2D eigenvalue weighted by Gasteiger charge is -2.52. The highest BCUT2D eigenvalue weighted by molar-refractivity contribution is 7.98. The van der Waals surface area contributed by atoms with Gasteiger partial charge in [0.25, 0.3) is 5.91 Å². The lowest BCUT2D eigenvalue weighted by molar-refractivity contribution is -0.137. The highest BCUT2D eigenvalue weighted by Gasteiger charge is 2.48. The van der Waals surface area contributed by atoms with Gasteiger partial charge in [0.2, 0.25) is 0 Å². The van der Waals surface area contributed by atoms with E-state index >= 15 is 0 Å². The predicted molar refractivity (Wildman–Crippen MR) is 122 cm³/mol. The smallest absolute Gasteiger partial charge is 0.416 e. The van der Waals surface area contributed by atoms with Gasteiger partial charge in [0, 0.05) is 23.9 Å². The van der Waals surface area contributed by atoms with Crippen LogP contribution in [0.1, 0.15) is 42.6 Å². The van der Waals surface area contributed by atoms with Gasteiger partial charge in [-0.15, -0.1) is 11.8 Å². The maximum Gasteiger partial charge on any atom is 0.416 e. The van der Waals surface area contributed by atoms with E-state index in [9.17, 15) is 18.0 Å². The molecule has 1 fully saturated rings. The number of carbonyl (C=O) groups excluding carboxylic acids is 1. The Balaban J connectivity index is 2.05. The van der Waals surface area contributed by atoms with Crippen molar-refractivity contribution >= 4 is 17.7 Å². The van der Waals surface area contributed by atoms with Gasteiger partial charge in [0.1, 0.15) is 5.75 Å². The SMILES string of the molecule is COc1cc(C(F)(F)F)cc(SC)c1C(=O)N[C@@]1(C2C=CC=CC2)CN(C)CC(C)(C)C1. The number of rotatable bonds is 5. The van der Waals surface area contributed by atoms with E-state index in [4.69, 9.17) is 4.74 Å². The zero-order chi connectivity index (χ0) is 23.7. The predicted octanol–water partition coefficient (Wildman–Crippen LogP) is 5.40. The van der Waals surface area contributed by atoms with Crippen LogP contribution in [-0.4, -0.2) is 49.8 Å². The third kappa shape index (κ3) is 5.17. The standard InChI is InChI=1S/C24H31F3N2O2S/c1-22(2)13-23(15-29(3)14-22,16-9-7-6-8-10-16)28-21(30)20-18(31-4)11-17(24(25,26)27)12-19(20)32-5/h6-9,11-12,16H,10,13-15H2,1-5H3,(H,28,30)/t16?,23-/m1/s1. The van der Waals surface area contributed by atoms with Crippen molar-refractivity contribution in [2.45, 2.75) is 43.3 Å². The maximum absolute atomic E-state index is 13.7. The number of methoxy groups -OCH3 is 1. The van der Waals surface area contributed by atoms with Crippen molar-refractivity contribution in [2.75, 3.05) is 33.5 Å². The first-order valence-corrected chi connectivity index (χ1v) is 11.8. The second-order valence-electron chi connectivity index (χ2n) is 9.53. The Labute approximate surface area is 192 Å². The van der Waals surface area contributed by atoms with E-state index in [1.165, 1.54) is 7.11 Å². The molecule has 2 aliphatic rings. The number of alkyl halides is 3. The zero-order valence-corrected chi connectivity index (χ0v) is 20.0. The van der Waals surface area contributed by atoms with Gasteiger partial charge in [-0.25, -0.2) is 0 Å². The Morgan fingerprint density at radius 3 is 2.50 bits per heavy atom. The van der Waals surface area contributed by atoms with Gasteiger partial charge in [-0.2, -0.15) is 13.2 Å². The lowest BCUT2D eigenvalue weighted by Crippen LogP contribution is -2.65. The van der Waals surface area contributed by atoms with Crippen molar-refractivity contribution in [3.05, 3.63) is 47.6 Å². The summed E-state index contributed by atoms with van der Waals surface area (Å²) in [6.07, 6.45) is 6.89. The first-order chi connectivity index (χ1) is 14.9. The Hall–Kier alpha value is -1.93. The molecule has 176 valence electrons. The van der Waals surface area contributed by atoms with Crippen LogP contribution in [0.5, 0.6) is 5.75 Å². The third-order valence-electron chi connectivity index (χ3n) is 6.16. The minimum absolute atomic E-state index is 0.0398. The quantitative estimate of drug-likeness (QED) is 0.588. The molecule has 32 heavy (non-hydrogen) atoms. The van der Waals surface area contributed by atoms with Crippen molar-refractivity contribution in [1.82, 2.24) is 10.2 Å². The normalized spacial score (nSPS) is 25.6. The summed E-state index contributed by atoms with van der Waals surface area (Å²) in [5.41, 5.74) is -1.28. The fourth-order valence-corrected chi connectivity index (χ4v) is 5.88. The number of thioether (sulfide) groups is 1. The van der Waals surface area contributed by atoms with Crippen LogP contribution in [0.2, 0.25) is 0 Å². The molecule has 0 saturated carbocycles. The summed E-state index contributed by atoms with van der Waals surface area (Å²) >= 11 is 1.10. The summed E-state index contributed by atoms with van der Waals surface area (Å²) in [6, 6.07) is 1.93. The van der Waals surface area contributed by atoms with Crippen molar-refractivity contribution < 1.29 is 22.7 Å². The molecule has 1 amide bonds. The second kappa shape index (κ2) is 9.14. The molecule has 1 aliphatic heterocycles. The monoisotopic (exact) mass is 468 g/mol. The molecular formula is C24H31F3N2O2S. The number of carbonyl (C=O) groups is 1. The van der Waals surface area contributed by atoms with Crippen LogP contribution < -0.4 is 10.1 Å². The number of likely N-dealkylation sites (tertiary alicyclic amines) is 1. The number of allylic oxidation sites excluding steroid dienone is 3. The number of likely N-dealkylation sites (N-methyl/N-ethyl adjacent to an activating group) is 1. The topological polar surface area (TPSA) is 41.6 Å². The van der Waals surface area contributed by atoms with Gasteiger partial charge >= 0.3 is 6.18 Å². The molecule has 0 aromatic heterocycles. The molecule has 1 N–H and O–H groups in total. The van der Waals surface area contributed by atoms with Gasteiger partial charge in [0.15, 0.2) is 0 Å². The van der Waals surface area contributed by atoms with Gasteiger partial charge in [-0.05, 0) is 43.7 Å². The van der Waals surface area contributed by atoms with Crippen LogP contribution in [0.15, 0.2) is 41.3 Å². The van der Waals surface area contributed by atoms with Crippen LogP contribution in [0.3, 0.4) is 0 Å². The molecule has 0 spiro atoms.